The molecule has 166 valence electrons. The number of fused-ring (bicyclic) bond motifs is 1. The molecule has 32 heavy (non-hydrogen) atoms. The number of carbonyl (C=O) groups is 1. The summed E-state index contributed by atoms with van der Waals surface area (Å²) < 4.78 is 29.3. The molecule has 1 aliphatic heterocycles. The van der Waals surface area contributed by atoms with E-state index < -0.39 is 17.8 Å². The standard InChI is InChI=1S/C22H22FN5O3S/c1-2-15(20(24)29)31-12-9-14-19-16(10-12)30-6-4-3-5-28(19)21(26-14)11-7-13(23)18-17(8-11)32-22(25)27-18/h7-10,15H,2-6H2,1H3,(H2,24,29)(H2,25,27). The van der Waals surface area contributed by atoms with Gasteiger partial charge < -0.3 is 25.5 Å². The van der Waals surface area contributed by atoms with Gasteiger partial charge >= 0.3 is 0 Å². The van der Waals surface area contributed by atoms with Crippen LogP contribution in [0.15, 0.2) is 24.3 Å². The number of halogens is 1. The summed E-state index contributed by atoms with van der Waals surface area (Å²) in [5.74, 6) is 0.711. The Morgan fingerprint density at radius 1 is 1.31 bits per heavy atom. The maximum absolute atomic E-state index is 14.8. The molecule has 3 heterocycles. The van der Waals surface area contributed by atoms with Crippen molar-refractivity contribution in [1.82, 2.24) is 14.5 Å². The topological polar surface area (TPSA) is 118 Å². The number of benzene rings is 2. The Kier molecular flexibility index (Phi) is 5.09. The van der Waals surface area contributed by atoms with Gasteiger partial charge in [0.2, 0.25) is 0 Å². The molecular weight excluding hydrogens is 433 g/mol. The van der Waals surface area contributed by atoms with Crippen molar-refractivity contribution in [3.05, 3.63) is 30.1 Å². The van der Waals surface area contributed by atoms with E-state index in [0.717, 1.165) is 18.4 Å². The lowest BCUT2D eigenvalue weighted by Gasteiger charge is -2.18. The maximum Gasteiger partial charge on any atom is 0.258 e. The first-order chi connectivity index (χ1) is 15.4. The number of aryl methyl sites for hydroxylation is 1. The molecule has 1 amide bonds. The Labute approximate surface area is 186 Å². The fourth-order valence-corrected chi connectivity index (χ4v) is 4.81. The Balaban J connectivity index is 1.69. The molecule has 1 atom stereocenters. The largest absolute Gasteiger partial charge is 0.491 e. The van der Waals surface area contributed by atoms with E-state index >= 15 is 0 Å². The van der Waals surface area contributed by atoms with Crippen LogP contribution in [0.2, 0.25) is 0 Å². The van der Waals surface area contributed by atoms with Crippen molar-refractivity contribution >= 4 is 43.6 Å². The van der Waals surface area contributed by atoms with Crippen LogP contribution in [-0.4, -0.2) is 33.2 Å². The number of nitrogen functional groups attached to an aromatic ring is 1. The normalized spacial score (nSPS) is 14.7. The number of nitrogens with zero attached hydrogens (tertiary/aromatic N) is 3. The lowest BCUT2D eigenvalue weighted by molar-refractivity contribution is -0.124. The molecule has 8 nitrogen and oxygen atoms in total. The minimum atomic E-state index is -0.747. The van der Waals surface area contributed by atoms with E-state index in [9.17, 15) is 9.18 Å². The highest BCUT2D eigenvalue weighted by Gasteiger charge is 2.23. The predicted octanol–water partition coefficient (Wildman–Crippen LogP) is 3.85. The summed E-state index contributed by atoms with van der Waals surface area (Å²) in [7, 11) is 0. The average molecular weight is 456 g/mol. The van der Waals surface area contributed by atoms with Gasteiger partial charge in [0.25, 0.3) is 5.91 Å². The second-order valence-electron chi connectivity index (χ2n) is 7.71. The van der Waals surface area contributed by atoms with Gasteiger partial charge in [-0.2, -0.15) is 0 Å². The van der Waals surface area contributed by atoms with E-state index in [0.29, 0.717) is 57.8 Å². The smallest absolute Gasteiger partial charge is 0.258 e. The number of imidazole rings is 1. The lowest BCUT2D eigenvalue weighted by atomic mass is 10.2. The van der Waals surface area contributed by atoms with Gasteiger partial charge in [-0.05, 0) is 31.4 Å². The summed E-state index contributed by atoms with van der Waals surface area (Å²) in [5, 5.41) is 0.316. The summed E-state index contributed by atoms with van der Waals surface area (Å²) >= 11 is 1.24. The summed E-state index contributed by atoms with van der Waals surface area (Å²) in [6.45, 7) is 3.10. The first-order valence-corrected chi connectivity index (χ1v) is 11.2. The van der Waals surface area contributed by atoms with Crippen molar-refractivity contribution in [3.8, 4) is 22.9 Å². The Morgan fingerprint density at radius 3 is 2.94 bits per heavy atom. The van der Waals surface area contributed by atoms with Crippen molar-refractivity contribution in [2.24, 2.45) is 5.73 Å². The summed E-state index contributed by atoms with van der Waals surface area (Å²) in [5.41, 5.74) is 13.6. The number of hydrogen-bond donors (Lipinski definition) is 2. The fraction of sp³-hybridized carbons (Fsp3) is 0.318. The molecule has 1 aliphatic rings. The highest BCUT2D eigenvalue weighted by atomic mass is 32.1. The summed E-state index contributed by atoms with van der Waals surface area (Å²) in [4.78, 5) is 20.5. The number of carbonyl (C=O) groups excluding carboxylic acids is 1. The van der Waals surface area contributed by atoms with Gasteiger partial charge in [0.15, 0.2) is 17.1 Å². The van der Waals surface area contributed by atoms with E-state index in [1.807, 2.05) is 17.6 Å². The van der Waals surface area contributed by atoms with Crippen LogP contribution in [0.1, 0.15) is 26.2 Å². The van der Waals surface area contributed by atoms with E-state index in [1.165, 1.54) is 17.4 Å². The van der Waals surface area contributed by atoms with Crippen LogP contribution < -0.4 is 20.9 Å². The van der Waals surface area contributed by atoms with Gasteiger partial charge in [0, 0.05) is 24.2 Å². The number of primary amides is 1. The summed E-state index contributed by atoms with van der Waals surface area (Å²) in [6, 6.07) is 6.81. The van der Waals surface area contributed by atoms with Crippen LogP contribution in [-0.2, 0) is 11.3 Å². The molecule has 2 aromatic carbocycles. The van der Waals surface area contributed by atoms with Gasteiger partial charge in [-0.15, -0.1) is 0 Å². The third-order valence-electron chi connectivity index (χ3n) is 5.50. The number of aromatic nitrogens is 3. The third kappa shape index (κ3) is 3.50. The van der Waals surface area contributed by atoms with Gasteiger partial charge in [0.05, 0.1) is 16.8 Å². The van der Waals surface area contributed by atoms with Crippen molar-refractivity contribution < 1.29 is 18.7 Å². The van der Waals surface area contributed by atoms with Crippen LogP contribution in [0.3, 0.4) is 0 Å². The van der Waals surface area contributed by atoms with Gasteiger partial charge in [-0.25, -0.2) is 14.4 Å². The first kappa shape index (κ1) is 20.5. The average Bonchev–Trinajstić information content (AvgIpc) is 3.29. The van der Waals surface area contributed by atoms with Crippen molar-refractivity contribution in [1.29, 1.82) is 0 Å². The molecule has 4 N–H and O–H groups in total. The maximum atomic E-state index is 14.8. The first-order valence-electron chi connectivity index (χ1n) is 10.4. The zero-order valence-corrected chi connectivity index (χ0v) is 18.2. The van der Waals surface area contributed by atoms with Gasteiger partial charge in [-0.1, -0.05) is 18.3 Å². The van der Waals surface area contributed by atoms with Crippen molar-refractivity contribution in [2.45, 2.75) is 38.8 Å². The van der Waals surface area contributed by atoms with E-state index in [1.54, 1.807) is 12.1 Å². The van der Waals surface area contributed by atoms with E-state index in [2.05, 4.69) is 4.98 Å². The molecule has 5 rings (SSSR count). The van der Waals surface area contributed by atoms with Crippen LogP contribution >= 0.6 is 11.3 Å². The number of thiazole rings is 1. The number of rotatable bonds is 5. The molecular formula is C22H22FN5O3S. The number of nitrogens with two attached hydrogens (primary N) is 2. The molecule has 0 saturated carbocycles. The quantitative estimate of drug-likeness (QED) is 0.472. The fourth-order valence-electron chi connectivity index (χ4n) is 4.02. The highest BCUT2D eigenvalue weighted by molar-refractivity contribution is 7.22. The molecule has 0 saturated heterocycles. The SMILES string of the molecule is CCC(Oc1cc2c3c(c1)nc(-c1cc(F)c4nc(N)sc4c1)n3CCCCO2)C(N)=O. The van der Waals surface area contributed by atoms with Crippen LogP contribution in [0, 0.1) is 5.82 Å². The molecule has 0 bridgehead atoms. The monoisotopic (exact) mass is 455 g/mol. The van der Waals surface area contributed by atoms with E-state index in [-0.39, 0.29) is 5.52 Å². The van der Waals surface area contributed by atoms with Crippen LogP contribution in [0.5, 0.6) is 11.5 Å². The minimum absolute atomic E-state index is 0.261. The molecule has 4 aromatic rings. The van der Waals surface area contributed by atoms with Gasteiger partial charge in [-0.3, -0.25) is 4.79 Å². The molecule has 1 unspecified atom stereocenters. The van der Waals surface area contributed by atoms with E-state index in [4.69, 9.17) is 25.9 Å². The highest BCUT2D eigenvalue weighted by Crippen LogP contribution is 2.38. The van der Waals surface area contributed by atoms with Crippen molar-refractivity contribution in [3.63, 3.8) is 0 Å². The van der Waals surface area contributed by atoms with Crippen LogP contribution in [0.4, 0.5) is 9.52 Å². The molecule has 2 aromatic heterocycles. The van der Waals surface area contributed by atoms with Crippen molar-refractivity contribution in [2.75, 3.05) is 12.3 Å². The molecule has 0 aliphatic carbocycles. The number of amides is 1. The molecule has 0 fully saturated rings. The summed E-state index contributed by atoms with van der Waals surface area (Å²) in [6.07, 6.45) is 1.46. The third-order valence-corrected chi connectivity index (χ3v) is 6.34. The Bertz CT molecular complexity index is 1350. The molecule has 0 radical (unpaired) electrons. The molecule has 10 heteroatoms. The lowest BCUT2D eigenvalue weighted by Crippen LogP contribution is -2.32. The Hall–Kier alpha value is -3.40. The van der Waals surface area contributed by atoms with Gasteiger partial charge in [0.1, 0.15) is 28.4 Å². The zero-order chi connectivity index (χ0) is 22.4. The number of anilines is 1. The zero-order valence-electron chi connectivity index (χ0n) is 17.4. The second kappa shape index (κ2) is 7.94. The number of hydrogen-bond acceptors (Lipinski definition) is 7. The predicted molar refractivity (Wildman–Crippen MR) is 121 cm³/mol. The molecule has 0 spiro atoms. The van der Waals surface area contributed by atoms with Crippen LogP contribution in [0.25, 0.3) is 32.6 Å². The number of ether oxygens (including phenoxy) is 2. The minimum Gasteiger partial charge on any atom is -0.491 e. The second-order valence-corrected chi connectivity index (χ2v) is 8.77. The Morgan fingerprint density at radius 2 is 2.16 bits per heavy atom.